The zero-order valence-corrected chi connectivity index (χ0v) is 40.8. The van der Waals surface area contributed by atoms with Crippen LogP contribution in [-0.4, -0.2) is 107 Å². The molecule has 0 aliphatic carbocycles. The van der Waals surface area contributed by atoms with Gasteiger partial charge in [-0.3, -0.25) is 9.59 Å². The second kappa shape index (κ2) is 20.3. The molecule has 4 amide bonds. The summed E-state index contributed by atoms with van der Waals surface area (Å²) in [7, 11) is 2.56. The summed E-state index contributed by atoms with van der Waals surface area (Å²) in [4.78, 5) is 76.4. The Morgan fingerprint density at radius 1 is 0.676 bits per heavy atom. The molecule has 16 nitrogen and oxygen atoms in total. The fourth-order valence-electron chi connectivity index (χ4n) is 11.6. The lowest BCUT2D eigenvalue weighted by Crippen LogP contribution is -2.51. The number of benzene rings is 4. The number of hydrogen-bond acceptors (Lipinski definition) is 10. The van der Waals surface area contributed by atoms with Crippen molar-refractivity contribution in [3.05, 3.63) is 119 Å². The number of nitrogens with one attached hydrogen (secondary N) is 4. The number of halogens is 1. The Bertz CT molecular complexity index is 2920. The van der Waals surface area contributed by atoms with Crippen LogP contribution in [0.5, 0.6) is 0 Å². The topological polar surface area (TPSA) is 181 Å². The van der Waals surface area contributed by atoms with Crippen LogP contribution in [-0.2, 0) is 19.1 Å². The molecule has 5 atom stereocenters. The van der Waals surface area contributed by atoms with Gasteiger partial charge < -0.3 is 49.7 Å². The fraction of sp³-hybridized carbons (Fsp3) is 0.444. The van der Waals surface area contributed by atoms with E-state index in [9.17, 15) is 19.2 Å². The number of anilines is 2. The number of carbonyl (C=O) groups excluding carboxylic acids is 4. The molecule has 6 heterocycles. The van der Waals surface area contributed by atoms with Gasteiger partial charge in [0.1, 0.15) is 30.1 Å². The summed E-state index contributed by atoms with van der Waals surface area (Å²) in [5, 5.41) is 5.24. The molecule has 4 fully saturated rings. The number of rotatable bonds is 12. The quantitative estimate of drug-likeness (QED) is 0.0924. The van der Waals surface area contributed by atoms with E-state index in [0.717, 1.165) is 103 Å². The number of hydrogen-bond donors (Lipinski definition) is 4. The second-order valence-corrected chi connectivity index (χ2v) is 19.8. The molecule has 0 spiro atoms. The van der Waals surface area contributed by atoms with Crippen molar-refractivity contribution in [1.29, 1.82) is 0 Å². The van der Waals surface area contributed by atoms with E-state index in [4.69, 9.17) is 14.7 Å². The lowest BCUT2D eigenvalue weighted by atomic mass is 9.89. The van der Waals surface area contributed by atoms with Crippen molar-refractivity contribution in [3.8, 4) is 0 Å². The van der Waals surface area contributed by atoms with Crippen molar-refractivity contribution in [1.82, 2.24) is 40.4 Å². The fourth-order valence-corrected chi connectivity index (χ4v) is 11.6. The molecule has 4 N–H and O–H groups in total. The number of aromatic nitrogens is 4. The van der Waals surface area contributed by atoms with Gasteiger partial charge in [0.25, 0.3) is 0 Å². The van der Waals surface area contributed by atoms with Gasteiger partial charge in [-0.05, 0) is 122 Å². The number of H-pyrrole nitrogens is 2. The molecule has 4 aromatic carbocycles. The first-order valence-electron chi connectivity index (χ1n) is 25.1. The second-order valence-electron chi connectivity index (χ2n) is 19.8. The number of ether oxygens (including phenoxy) is 2. The third-order valence-electron chi connectivity index (χ3n) is 15.2. The Labute approximate surface area is 412 Å². The van der Waals surface area contributed by atoms with Gasteiger partial charge in [0.2, 0.25) is 11.8 Å². The maximum atomic E-state index is 16.7. The minimum atomic E-state index is -0.738. The van der Waals surface area contributed by atoms with Gasteiger partial charge in [-0.25, -0.2) is 23.9 Å². The number of methoxy groups -OCH3 is 2. The van der Waals surface area contributed by atoms with Crippen molar-refractivity contribution in [3.63, 3.8) is 0 Å². The van der Waals surface area contributed by atoms with E-state index in [-0.39, 0.29) is 54.3 Å². The van der Waals surface area contributed by atoms with Crippen LogP contribution in [0, 0.1) is 11.7 Å². The van der Waals surface area contributed by atoms with Gasteiger partial charge in [-0.15, -0.1) is 0 Å². The van der Waals surface area contributed by atoms with Crippen LogP contribution in [0.1, 0.15) is 124 Å². The summed E-state index contributed by atoms with van der Waals surface area (Å²) >= 11 is 0. The minimum absolute atomic E-state index is 0.124. The van der Waals surface area contributed by atoms with Gasteiger partial charge in [-0.2, -0.15) is 0 Å². The number of amides is 4. The normalized spacial score (nSPS) is 21.1. The maximum absolute atomic E-state index is 16.7. The molecule has 71 heavy (non-hydrogen) atoms. The summed E-state index contributed by atoms with van der Waals surface area (Å²) < 4.78 is 26.2. The SMILES string of the molecule is COC(=O)NCC(=O)N1CCC[C@H]1c1nc2cc([C@H]3CC[C@H](c4ccc5[nH]c([C@@H]6CCCN6C(=O)C(NC(=O)OC)C(C)C)nc5c4)N3c3ccc(N4CCC(c5ccccc5)CC4)c(F)c3)ccc2[nH]1. The van der Waals surface area contributed by atoms with Crippen molar-refractivity contribution < 1.29 is 33.0 Å². The molecule has 2 aromatic heterocycles. The van der Waals surface area contributed by atoms with Crippen LogP contribution in [0.3, 0.4) is 0 Å². The van der Waals surface area contributed by atoms with E-state index in [1.807, 2.05) is 43.0 Å². The van der Waals surface area contributed by atoms with Gasteiger partial charge in [-0.1, -0.05) is 56.3 Å². The number of imidazole rings is 2. The number of alkyl carbamates (subject to hydrolysis) is 2. The standard InChI is InChI=1S/C54H63FN10O6/c1-32(2)49(61-54(69)71-4)52(67)64-25-9-13-47(64)51-58-40-18-15-36(29-42(40)60-51)44-21-20-43(65(44)37-16-19-45(38(55)30-37)62-26-22-34(23-27-62)33-10-6-5-7-11-33)35-14-17-39-41(28-35)59-50(57-39)46-12-8-24-63(46)48(66)31-56-53(68)70-3/h5-7,10-11,14-19,28-30,32,34,43-44,46-47,49H,8-9,12-13,20-27,31H2,1-4H3,(H,56,68)(H,57,59)(H,58,60)(H,61,69)/t43-,44-,46+,47+,49?/m1/s1. The minimum Gasteiger partial charge on any atom is -0.453 e. The molecule has 4 aliphatic rings. The number of likely N-dealkylation sites (tertiary alicyclic amines) is 2. The molecule has 0 saturated carbocycles. The van der Waals surface area contributed by atoms with Gasteiger partial charge in [0, 0.05) is 31.9 Å². The molecule has 4 aliphatic heterocycles. The molecule has 0 bridgehead atoms. The highest BCUT2D eigenvalue weighted by Gasteiger charge is 2.40. The highest BCUT2D eigenvalue weighted by molar-refractivity contribution is 5.87. The van der Waals surface area contributed by atoms with Crippen molar-refractivity contribution in [2.45, 2.75) is 101 Å². The van der Waals surface area contributed by atoms with E-state index >= 15 is 4.39 Å². The van der Waals surface area contributed by atoms with Crippen LogP contribution in [0.4, 0.5) is 25.4 Å². The lowest BCUT2D eigenvalue weighted by Gasteiger charge is -2.36. The average Bonchev–Trinajstić information content (AvgIpc) is 4.26. The van der Waals surface area contributed by atoms with Crippen LogP contribution in [0.2, 0.25) is 0 Å². The molecule has 6 aromatic rings. The van der Waals surface area contributed by atoms with Gasteiger partial charge in [0.05, 0.1) is 66.1 Å². The van der Waals surface area contributed by atoms with Gasteiger partial charge in [0.15, 0.2) is 0 Å². The third-order valence-corrected chi connectivity index (χ3v) is 15.2. The number of carbonyl (C=O) groups is 4. The molecule has 10 rings (SSSR count). The van der Waals surface area contributed by atoms with Gasteiger partial charge >= 0.3 is 12.2 Å². The van der Waals surface area contributed by atoms with Crippen molar-refractivity contribution in [2.24, 2.45) is 5.92 Å². The Hall–Kier alpha value is -7.17. The van der Waals surface area contributed by atoms with Crippen molar-refractivity contribution in [2.75, 3.05) is 56.7 Å². The predicted molar refractivity (Wildman–Crippen MR) is 268 cm³/mol. The number of fused-ring (bicyclic) bond motifs is 2. The first kappa shape index (κ1) is 47.5. The molecule has 372 valence electrons. The van der Waals surface area contributed by atoms with Crippen LogP contribution in [0.25, 0.3) is 22.1 Å². The highest BCUT2D eigenvalue weighted by atomic mass is 19.1. The van der Waals surface area contributed by atoms with Crippen molar-refractivity contribution >= 4 is 57.4 Å². The third kappa shape index (κ3) is 9.57. The number of nitrogens with zero attached hydrogens (tertiary/aromatic N) is 6. The first-order valence-corrected chi connectivity index (χ1v) is 25.1. The Kier molecular flexibility index (Phi) is 13.6. The van der Waals surface area contributed by atoms with E-state index in [1.165, 1.54) is 19.8 Å². The lowest BCUT2D eigenvalue weighted by molar-refractivity contribution is -0.135. The van der Waals surface area contributed by atoms with Crippen LogP contribution >= 0.6 is 0 Å². The molecular weight excluding hydrogens is 904 g/mol. The predicted octanol–water partition coefficient (Wildman–Crippen LogP) is 9.11. The number of aromatic amines is 2. The Balaban J connectivity index is 0.946. The van der Waals surface area contributed by atoms with E-state index in [0.29, 0.717) is 36.3 Å². The van der Waals surface area contributed by atoms with Crippen LogP contribution < -0.4 is 20.4 Å². The smallest absolute Gasteiger partial charge is 0.407 e. The van der Waals surface area contributed by atoms with Crippen LogP contribution in [0.15, 0.2) is 84.9 Å². The summed E-state index contributed by atoms with van der Waals surface area (Å²) in [5.74, 6) is 1.08. The molecule has 4 saturated heterocycles. The summed E-state index contributed by atoms with van der Waals surface area (Å²) in [6.07, 6.45) is 5.30. The van der Waals surface area contributed by atoms with E-state index < -0.39 is 18.2 Å². The van der Waals surface area contributed by atoms with E-state index in [2.05, 4.69) is 89.7 Å². The largest absolute Gasteiger partial charge is 0.453 e. The Morgan fingerprint density at radius 2 is 1.27 bits per heavy atom. The maximum Gasteiger partial charge on any atom is 0.407 e. The average molecular weight is 967 g/mol. The Morgan fingerprint density at radius 3 is 1.85 bits per heavy atom. The molecule has 0 radical (unpaired) electrons. The molecule has 17 heteroatoms. The zero-order valence-electron chi connectivity index (χ0n) is 40.8. The molecule has 1 unspecified atom stereocenters. The number of piperidine rings is 1. The summed E-state index contributed by atoms with van der Waals surface area (Å²) in [5.41, 5.74) is 8.08. The zero-order chi connectivity index (χ0) is 49.3. The summed E-state index contributed by atoms with van der Waals surface area (Å²) in [6.45, 7) is 6.30. The highest BCUT2D eigenvalue weighted by Crippen LogP contribution is 2.49. The summed E-state index contributed by atoms with van der Waals surface area (Å²) in [6, 6.07) is 27.3. The first-order chi connectivity index (χ1) is 34.5. The van der Waals surface area contributed by atoms with E-state index in [1.54, 1.807) is 11.0 Å². The molecular formula is C54H63FN10O6. The monoisotopic (exact) mass is 966 g/mol.